The molecule has 0 bridgehead atoms. The fourth-order valence-corrected chi connectivity index (χ4v) is 11.6. The van der Waals surface area contributed by atoms with Crippen molar-refractivity contribution in [2.24, 2.45) is 0 Å². The maximum atomic E-state index is 13.2. The first kappa shape index (κ1) is 75.6. The van der Waals surface area contributed by atoms with Crippen molar-refractivity contribution in [3.05, 3.63) is 24.3 Å². The summed E-state index contributed by atoms with van der Waals surface area (Å²) >= 11 is 0. The van der Waals surface area contributed by atoms with Crippen LogP contribution in [0.4, 0.5) is 0 Å². The molecule has 0 spiro atoms. The lowest BCUT2D eigenvalue weighted by molar-refractivity contribution is -0.298. The molecule has 0 aromatic heterocycles. The first-order valence-electron chi connectivity index (χ1n) is 33.7. The standard InChI is InChI=1S/C66H127NO11S/c1-3-5-7-9-11-13-15-17-19-20-21-22-23-24-25-26-27-28-29-30-31-32-33-34-35-36-37-38-39-40-42-44-46-48-50-52-54-56-62(70)67-59(58-76-66-64(72)65(78-79(73,74)75)63(71)61(57-68)77-66)60(69)55-53-51-49-47-45-43-41-18-16-14-12-10-8-6-4-2/h25-26,28-29,59-61,63-66,68-69,71-72H,3-24,27,30-58H2,1-2H3,(H,67,70)(H,73,74,75)/b26-25-,29-28-. The Kier molecular flexibility index (Phi) is 53.3. The Balaban J connectivity index is 2.16. The number of unbranched alkanes of at least 4 members (excludes halogenated alkanes) is 44. The smallest absolute Gasteiger partial charge is 0.394 e. The third-order valence-electron chi connectivity index (χ3n) is 16.3. The van der Waals surface area contributed by atoms with Crippen molar-refractivity contribution in [3.63, 3.8) is 0 Å². The normalized spacial score (nSPS) is 18.8. The molecule has 1 aliphatic heterocycles. The summed E-state index contributed by atoms with van der Waals surface area (Å²) in [6.07, 6.45) is 62.2. The summed E-state index contributed by atoms with van der Waals surface area (Å²) in [5.41, 5.74) is 0. The number of carbonyl (C=O) groups is 1. The molecule has 0 radical (unpaired) electrons. The first-order valence-corrected chi connectivity index (χ1v) is 35.1. The second kappa shape index (κ2) is 55.8. The predicted molar refractivity (Wildman–Crippen MR) is 329 cm³/mol. The van der Waals surface area contributed by atoms with Crippen LogP contribution >= 0.6 is 0 Å². The predicted octanol–water partition coefficient (Wildman–Crippen LogP) is 17.1. The number of nitrogens with one attached hydrogen (secondary N) is 1. The molecule has 13 heteroatoms. The molecular formula is C66H127NO11S. The number of amides is 1. The summed E-state index contributed by atoms with van der Waals surface area (Å²) in [7, 11) is -5.08. The van der Waals surface area contributed by atoms with Gasteiger partial charge in [0, 0.05) is 6.42 Å². The van der Waals surface area contributed by atoms with E-state index in [-0.39, 0.29) is 12.5 Å². The van der Waals surface area contributed by atoms with Gasteiger partial charge in [0.2, 0.25) is 5.91 Å². The lowest BCUT2D eigenvalue weighted by Gasteiger charge is -2.41. The minimum Gasteiger partial charge on any atom is -0.394 e. The van der Waals surface area contributed by atoms with E-state index in [2.05, 4.69) is 47.7 Å². The van der Waals surface area contributed by atoms with Crippen molar-refractivity contribution >= 4 is 16.3 Å². The van der Waals surface area contributed by atoms with Crippen molar-refractivity contribution in [2.75, 3.05) is 13.2 Å². The molecule has 1 saturated heterocycles. The highest BCUT2D eigenvalue weighted by molar-refractivity contribution is 7.80. The van der Waals surface area contributed by atoms with E-state index in [0.717, 1.165) is 57.8 Å². The average molecular weight is 1140 g/mol. The molecule has 79 heavy (non-hydrogen) atoms. The molecule has 7 atom stereocenters. The van der Waals surface area contributed by atoms with E-state index in [9.17, 15) is 38.2 Å². The second-order valence-corrected chi connectivity index (χ2v) is 24.8. The Morgan fingerprint density at radius 1 is 0.506 bits per heavy atom. The Bertz CT molecular complexity index is 1480. The summed E-state index contributed by atoms with van der Waals surface area (Å²) in [4.78, 5) is 13.2. The molecule has 7 unspecified atom stereocenters. The van der Waals surface area contributed by atoms with E-state index >= 15 is 0 Å². The molecule has 0 aromatic rings. The molecule has 468 valence electrons. The van der Waals surface area contributed by atoms with Crippen molar-refractivity contribution < 1.29 is 51.8 Å². The fraction of sp³-hybridized carbons (Fsp3) is 0.924. The third kappa shape index (κ3) is 47.6. The van der Waals surface area contributed by atoms with Crippen LogP contribution in [0.25, 0.3) is 0 Å². The van der Waals surface area contributed by atoms with Gasteiger partial charge in [0.25, 0.3) is 0 Å². The Labute approximate surface area is 486 Å². The van der Waals surface area contributed by atoms with Gasteiger partial charge in [-0.3, -0.25) is 9.35 Å². The zero-order chi connectivity index (χ0) is 57.5. The van der Waals surface area contributed by atoms with Gasteiger partial charge in [-0.25, -0.2) is 4.18 Å². The van der Waals surface area contributed by atoms with Crippen molar-refractivity contribution in [3.8, 4) is 0 Å². The van der Waals surface area contributed by atoms with Gasteiger partial charge in [-0.15, -0.1) is 0 Å². The lowest BCUT2D eigenvalue weighted by atomic mass is 9.99. The molecular weight excluding hydrogens is 1010 g/mol. The van der Waals surface area contributed by atoms with Crippen LogP contribution in [0.2, 0.25) is 0 Å². The van der Waals surface area contributed by atoms with Crippen LogP contribution in [-0.2, 0) is 28.9 Å². The Morgan fingerprint density at radius 2 is 0.848 bits per heavy atom. The Morgan fingerprint density at radius 3 is 1.20 bits per heavy atom. The summed E-state index contributed by atoms with van der Waals surface area (Å²) in [6.45, 7) is 3.50. The third-order valence-corrected chi connectivity index (χ3v) is 16.7. The number of aliphatic hydroxyl groups is 4. The molecule has 6 N–H and O–H groups in total. The van der Waals surface area contributed by atoms with E-state index in [0.29, 0.717) is 12.8 Å². The van der Waals surface area contributed by atoms with E-state index in [1.165, 1.54) is 250 Å². The number of hydrogen-bond acceptors (Lipinski definition) is 10. The van der Waals surface area contributed by atoms with Crippen molar-refractivity contribution in [1.29, 1.82) is 0 Å². The van der Waals surface area contributed by atoms with Gasteiger partial charge in [0.15, 0.2) is 6.29 Å². The number of aliphatic hydroxyl groups excluding tert-OH is 4. The van der Waals surface area contributed by atoms with Crippen LogP contribution in [0, 0.1) is 0 Å². The molecule has 1 aliphatic rings. The highest BCUT2D eigenvalue weighted by atomic mass is 32.3. The van der Waals surface area contributed by atoms with E-state index in [1.54, 1.807) is 0 Å². The zero-order valence-electron chi connectivity index (χ0n) is 51.2. The van der Waals surface area contributed by atoms with Crippen molar-refractivity contribution in [1.82, 2.24) is 5.32 Å². The SMILES string of the molecule is CCCCCCCCCCCCCCC/C=C\C/C=C\CCCCCCCCCCCCCCCCCCCC(=O)NC(COC1OC(CO)C(O)C(OS(=O)(=O)O)C1O)C(O)CCCCCCCCCCCCCCCCC. The maximum Gasteiger partial charge on any atom is 0.397 e. The summed E-state index contributed by atoms with van der Waals surface area (Å²) < 4.78 is 48.0. The van der Waals surface area contributed by atoms with Gasteiger partial charge in [-0.05, 0) is 44.9 Å². The van der Waals surface area contributed by atoms with Crippen LogP contribution in [0.5, 0.6) is 0 Å². The second-order valence-electron chi connectivity index (χ2n) is 23.8. The van der Waals surface area contributed by atoms with Gasteiger partial charge < -0.3 is 35.2 Å². The average Bonchev–Trinajstić information content (AvgIpc) is 3.45. The van der Waals surface area contributed by atoms with Crippen molar-refractivity contribution in [2.45, 2.75) is 378 Å². The zero-order valence-corrected chi connectivity index (χ0v) is 52.0. The molecule has 1 amide bonds. The van der Waals surface area contributed by atoms with Gasteiger partial charge in [-0.2, -0.15) is 8.42 Å². The molecule has 1 fully saturated rings. The molecule has 12 nitrogen and oxygen atoms in total. The van der Waals surface area contributed by atoms with Crippen LogP contribution in [-0.4, -0.2) is 95.4 Å². The molecule has 0 aliphatic carbocycles. The topological polar surface area (TPSA) is 192 Å². The van der Waals surface area contributed by atoms with Crippen LogP contribution < -0.4 is 5.32 Å². The van der Waals surface area contributed by atoms with Crippen LogP contribution in [0.1, 0.15) is 335 Å². The van der Waals surface area contributed by atoms with E-state index in [4.69, 9.17) is 9.47 Å². The summed E-state index contributed by atoms with van der Waals surface area (Å²) in [5.74, 6) is -0.224. The minimum atomic E-state index is -5.08. The summed E-state index contributed by atoms with van der Waals surface area (Å²) in [6, 6.07) is -0.857. The molecule has 0 aromatic carbocycles. The minimum absolute atomic E-state index is 0.224. The monoisotopic (exact) mass is 1140 g/mol. The van der Waals surface area contributed by atoms with Gasteiger partial charge in [0.1, 0.15) is 24.4 Å². The number of rotatable bonds is 60. The quantitative estimate of drug-likeness (QED) is 0.0193. The number of carbonyl (C=O) groups excluding carboxylic acids is 1. The lowest BCUT2D eigenvalue weighted by Crippen LogP contribution is -2.61. The van der Waals surface area contributed by atoms with Crippen LogP contribution in [0.3, 0.4) is 0 Å². The molecule has 1 heterocycles. The number of ether oxygens (including phenoxy) is 2. The van der Waals surface area contributed by atoms with E-state index < -0.39 is 59.9 Å². The largest absolute Gasteiger partial charge is 0.397 e. The van der Waals surface area contributed by atoms with Gasteiger partial charge >= 0.3 is 10.4 Å². The van der Waals surface area contributed by atoms with Gasteiger partial charge in [0.05, 0.1) is 25.4 Å². The highest BCUT2D eigenvalue weighted by Crippen LogP contribution is 2.26. The molecule has 0 saturated carbocycles. The van der Waals surface area contributed by atoms with E-state index in [1.807, 2.05) is 0 Å². The Hall–Kier alpha value is -1.42. The van der Waals surface area contributed by atoms with Crippen LogP contribution in [0.15, 0.2) is 24.3 Å². The fourth-order valence-electron chi connectivity index (χ4n) is 11.1. The summed E-state index contributed by atoms with van der Waals surface area (Å²) in [5, 5.41) is 45.2. The maximum absolute atomic E-state index is 13.2. The number of hydrogen-bond donors (Lipinski definition) is 6. The number of allylic oxidation sites excluding steroid dienone is 4. The molecule has 1 rings (SSSR count). The van der Waals surface area contributed by atoms with Gasteiger partial charge in [-0.1, -0.05) is 308 Å². The highest BCUT2D eigenvalue weighted by Gasteiger charge is 2.48. The first-order chi connectivity index (χ1) is 38.5.